The van der Waals surface area contributed by atoms with E-state index in [1.165, 1.54) is 5.56 Å². The maximum absolute atomic E-state index is 12.5. The van der Waals surface area contributed by atoms with Gasteiger partial charge in [-0.2, -0.15) is 0 Å². The number of ketones is 1. The smallest absolute Gasteiger partial charge is 0.255 e. The lowest BCUT2D eigenvalue weighted by Gasteiger charge is -2.31. The fraction of sp³-hybridized carbons (Fsp3) is 0.300. The molecule has 0 saturated heterocycles. The summed E-state index contributed by atoms with van der Waals surface area (Å²) in [7, 11) is 0. The van der Waals surface area contributed by atoms with Crippen molar-refractivity contribution in [2.75, 3.05) is 5.32 Å². The minimum absolute atomic E-state index is 0.00193. The van der Waals surface area contributed by atoms with Gasteiger partial charge in [0.2, 0.25) is 0 Å². The summed E-state index contributed by atoms with van der Waals surface area (Å²) in [6.45, 7) is 7.79. The predicted octanol–water partition coefficient (Wildman–Crippen LogP) is 4.30. The molecule has 0 fully saturated rings. The molecule has 1 aliphatic heterocycles. The number of rotatable bonds is 2. The zero-order valence-electron chi connectivity index (χ0n) is 14.4. The number of fused-ring (bicyclic) bond motifs is 1. The third-order valence-electron chi connectivity index (χ3n) is 4.28. The number of hydrogen-bond acceptors (Lipinski definition) is 3. The highest BCUT2D eigenvalue weighted by Crippen LogP contribution is 2.33. The van der Waals surface area contributed by atoms with Gasteiger partial charge in [0.15, 0.2) is 5.78 Å². The van der Waals surface area contributed by atoms with Crippen molar-refractivity contribution >= 4 is 17.4 Å². The Morgan fingerprint density at radius 3 is 2.54 bits per heavy atom. The third kappa shape index (κ3) is 3.18. The number of hydrogen-bond donors (Lipinski definition) is 1. The van der Waals surface area contributed by atoms with Gasteiger partial charge in [0, 0.05) is 11.3 Å². The molecule has 0 aliphatic carbocycles. The van der Waals surface area contributed by atoms with Gasteiger partial charge in [-0.15, -0.1) is 0 Å². The van der Waals surface area contributed by atoms with Gasteiger partial charge in [-0.3, -0.25) is 9.59 Å². The van der Waals surface area contributed by atoms with Crippen LogP contribution >= 0.6 is 0 Å². The average Bonchev–Trinajstić information content (AvgIpc) is 2.49. The molecule has 4 heteroatoms. The quantitative estimate of drug-likeness (QED) is 0.896. The molecule has 0 unspecified atom stereocenters. The van der Waals surface area contributed by atoms with Crippen molar-refractivity contribution < 1.29 is 14.3 Å². The Bertz CT molecular complexity index is 837. The number of ether oxygens (including phenoxy) is 1. The topological polar surface area (TPSA) is 55.4 Å². The van der Waals surface area contributed by atoms with E-state index in [1.54, 1.807) is 18.2 Å². The van der Waals surface area contributed by atoms with E-state index >= 15 is 0 Å². The summed E-state index contributed by atoms with van der Waals surface area (Å²) in [5.74, 6) is 0.305. The predicted molar refractivity (Wildman–Crippen MR) is 94.0 cm³/mol. The van der Waals surface area contributed by atoms with E-state index in [9.17, 15) is 9.59 Å². The first kappa shape index (κ1) is 16.2. The van der Waals surface area contributed by atoms with Crippen molar-refractivity contribution in [1.29, 1.82) is 0 Å². The monoisotopic (exact) mass is 323 g/mol. The summed E-state index contributed by atoms with van der Waals surface area (Å²) in [4.78, 5) is 24.8. The Labute approximate surface area is 141 Å². The summed E-state index contributed by atoms with van der Waals surface area (Å²) in [5.41, 5.74) is 3.44. The molecule has 0 aromatic heterocycles. The number of benzene rings is 2. The molecule has 1 heterocycles. The van der Waals surface area contributed by atoms with Gasteiger partial charge in [0.05, 0.1) is 12.0 Å². The summed E-state index contributed by atoms with van der Waals surface area (Å²) in [6.07, 6.45) is 0.308. The van der Waals surface area contributed by atoms with Gasteiger partial charge >= 0.3 is 0 Å². The van der Waals surface area contributed by atoms with Gasteiger partial charge in [-0.25, -0.2) is 0 Å². The highest BCUT2D eigenvalue weighted by Gasteiger charge is 2.32. The maximum Gasteiger partial charge on any atom is 0.255 e. The van der Waals surface area contributed by atoms with Crippen molar-refractivity contribution in [3.8, 4) is 5.75 Å². The molecule has 0 atom stereocenters. The standard InChI is InChI=1S/C20H21NO3/c1-12-5-7-15(9-13(12)2)21-19(23)14-6-8-18-16(10-14)17(22)11-20(3,4)24-18/h5-10H,11H2,1-4H3,(H,21,23). The first-order valence-electron chi connectivity index (χ1n) is 8.00. The Hall–Kier alpha value is -2.62. The van der Waals surface area contributed by atoms with E-state index in [1.807, 2.05) is 45.9 Å². The van der Waals surface area contributed by atoms with E-state index in [-0.39, 0.29) is 11.7 Å². The lowest BCUT2D eigenvalue weighted by molar-refractivity contribution is 0.0620. The van der Waals surface area contributed by atoms with Crippen LogP contribution in [0.3, 0.4) is 0 Å². The van der Waals surface area contributed by atoms with E-state index in [0.717, 1.165) is 11.3 Å². The minimum Gasteiger partial charge on any atom is -0.487 e. The van der Waals surface area contributed by atoms with Crippen LogP contribution in [0, 0.1) is 13.8 Å². The highest BCUT2D eigenvalue weighted by molar-refractivity contribution is 6.07. The fourth-order valence-corrected chi connectivity index (χ4v) is 2.82. The molecule has 0 spiro atoms. The first-order valence-corrected chi connectivity index (χ1v) is 8.00. The van der Waals surface area contributed by atoms with Gasteiger partial charge in [0.25, 0.3) is 5.91 Å². The molecule has 3 rings (SSSR count). The molecule has 2 aromatic carbocycles. The number of anilines is 1. The molecule has 24 heavy (non-hydrogen) atoms. The van der Waals surface area contributed by atoms with Crippen molar-refractivity contribution in [2.45, 2.75) is 39.7 Å². The van der Waals surface area contributed by atoms with Crippen molar-refractivity contribution in [2.24, 2.45) is 0 Å². The van der Waals surface area contributed by atoms with Crippen LogP contribution in [0.5, 0.6) is 5.75 Å². The number of amides is 1. The second-order valence-electron chi connectivity index (χ2n) is 6.93. The van der Waals surface area contributed by atoms with Crippen LogP contribution in [0.25, 0.3) is 0 Å². The molecule has 124 valence electrons. The summed E-state index contributed by atoms with van der Waals surface area (Å²) >= 11 is 0. The van der Waals surface area contributed by atoms with Crippen LogP contribution in [0.1, 0.15) is 52.1 Å². The van der Waals surface area contributed by atoms with E-state index in [2.05, 4.69) is 5.32 Å². The second-order valence-corrected chi connectivity index (χ2v) is 6.93. The van der Waals surface area contributed by atoms with Crippen molar-refractivity contribution in [3.05, 3.63) is 58.7 Å². The third-order valence-corrected chi connectivity index (χ3v) is 4.28. The number of nitrogens with one attached hydrogen (secondary N) is 1. The summed E-state index contributed by atoms with van der Waals surface area (Å²) in [6, 6.07) is 10.8. The number of Topliss-reactive ketones (excluding diaryl/α,β-unsaturated/α-hetero) is 1. The van der Waals surface area contributed by atoms with Crippen LogP contribution in [-0.4, -0.2) is 17.3 Å². The normalized spacial score (nSPS) is 15.4. The highest BCUT2D eigenvalue weighted by atomic mass is 16.5. The second kappa shape index (κ2) is 5.78. The van der Waals surface area contributed by atoms with E-state index in [4.69, 9.17) is 4.74 Å². The van der Waals surface area contributed by atoms with Gasteiger partial charge < -0.3 is 10.1 Å². The minimum atomic E-state index is -0.507. The Kier molecular flexibility index (Phi) is 3.91. The molecule has 4 nitrogen and oxygen atoms in total. The van der Waals surface area contributed by atoms with Crippen LogP contribution in [0.4, 0.5) is 5.69 Å². The molecule has 0 bridgehead atoms. The van der Waals surface area contributed by atoms with Crippen LogP contribution < -0.4 is 10.1 Å². The molecule has 1 amide bonds. The van der Waals surface area contributed by atoms with Gasteiger partial charge in [-0.1, -0.05) is 6.07 Å². The SMILES string of the molecule is Cc1ccc(NC(=O)c2ccc3c(c2)C(=O)CC(C)(C)O3)cc1C. The lowest BCUT2D eigenvalue weighted by Crippen LogP contribution is -2.36. The zero-order chi connectivity index (χ0) is 17.5. The van der Waals surface area contributed by atoms with E-state index < -0.39 is 5.60 Å². The molecule has 1 aliphatic rings. The Morgan fingerprint density at radius 2 is 1.83 bits per heavy atom. The number of aryl methyl sites for hydroxylation is 2. The average molecular weight is 323 g/mol. The Morgan fingerprint density at radius 1 is 1.08 bits per heavy atom. The number of carbonyl (C=O) groups excluding carboxylic acids is 2. The zero-order valence-corrected chi connectivity index (χ0v) is 14.4. The molecule has 0 radical (unpaired) electrons. The lowest BCUT2D eigenvalue weighted by atomic mass is 9.92. The van der Waals surface area contributed by atoms with Crippen LogP contribution in [0.2, 0.25) is 0 Å². The molecular weight excluding hydrogens is 302 g/mol. The van der Waals surface area contributed by atoms with E-state index in [0.29, 0.717) is 23.3 Å². The maximum atomic E-state index is 12.5. The van der Waals surface area contributed by atoms with Crippen molar-refractivity contribution in [3.63, 3.8) is 0 Å². The van der Waals surface area contributed by atoms with Gasteiger partial charge in [-0.05, 0) is 69.2 Å². The van der Waals surface area contributed by atoms with Crippen molar-refractivity contribution in [1.82, 2.24) is 0 Å². The van der Waals surface area contributed by atoms with Crippen LogP contribution in [0.15, 0.2) is 36.4 Å². The fourth-order valence-electron chi connectivity index (χ4n) is 2.82. The molecule has 1 N–H and O–H groups in total. The first-order chi connectivity index (χ1) is 11.2. The summed E-state index contributed by atoms with van der Waals surface area (Å²) < 4.78 is 5.82. The number of carbonyl (C=O) groups is 2. The van der Waals surface area contributed by atoms with Gasteiger partial charge in [0.1, 0.15) is 11.4 Å². The molecular formula is C20H21NO3. The molecule has 0 saturated carbocycles. The summed E-state index contributed by atoms with van der Waals surface area (Å²) in [5, 5.41) is 2.87. The molecule has 2 aromatic rings. The van der Waals surface area contributed by atoms with Crippen LogP contribution in [-0.2, 0) is 0 Å². The largest absolute Gasteiger partial charge is 0.487 e. The Balaban J connectivity index is 1.85.